The maximum absolute atomic E-state index is 13.5. The van der Waals surface area contributed by atoms with Crippen LogP contribution in [-0.2, 0) is 9.53 Å². The zero-order valence-corrected chi connectivity index (χ0v) is 18.0. The van der Waals surface area contributed by atoms with Crippen LogP contribution in [0.25, 0.3) is 0 Å². The lowest BCUT2D eigenvalue weighted by atomic mass is 9.99. The van der Waals surface area contributed by atoms with E-state index in [4.69, 9.17) is 10.5 Å². The van der Waals surface area contributed by atoms with E-state index < -0.39 is 30.3 Å². The standard InChI is InChI=1S/C20H31FN8O3/c21-13-9-24-19(25-10-13)17(18(22)27-31)20(30)26-15-11-23-3-1-16(15)29-6-4-28(5-7-29)14-2-8-32-12-14/h1,3,11,13-14,17-19,24-25H,2,4-10,12,22H2,(H,26,30). The lowest BCUT2D eigenvalue weighted by Crippen LogP contribution is -2.62. The number of ether oxygens (including phenoxy) is 1. The summed E-state index contributed by atoms with van der Waals surface area (Å²) in [7, 11) is 0. The van der Waals surface area contributed by atoms with Gasteiger partial charge in [-0.05, 0) is 12.5 Å². The van der Waals surface area contributed by atoms with Crippen molar-refractivity contribution in [2.75, 3.05) is 62.7 Å². The van der Waals surface area contributed by atoms with Crippen LogP contribution >= 0.6 is 0 Å². The topological polar surface area (TPSA) is 137 Å². The summed E-state index contributed by atoms with van der Waals surface area (Å²) in [5.41, 5.74) is 7.23. The van der Waals surface area contributed by atoms with Crippen molar-refractivity contribution in [1.29, 1.82) is 0 Å². The number of anilines is 2. The number of amides is 1. The third-order valence-electron chi connectivity index (χ3n) is 6.40. The second-order valence-electron chi connectivity index (χ2n) is 8.44. The Morgan fingerprint density at radius 2 is 2.06 bits per heavy atom. The van der Waals surface area contributed by atoms with Gasteiger partial charge in [-0.1, -0.05) is 5.18 Å². The summed E-state index contributed by atoms with van der Waals surface area (Å²) >= 11 is 0. The zero-order valence-electron chi connectivity index (χ0n) is 18.0. The van der Waals surface area contributed by atoms with Gasteiger partial charge in [0.15, 0.2) is 6.17 Å². The van der Waals surface area contributed by atoms with Crippen molar-refractivity contribution in [3.8, 4) is 0 Å². The van der Waals surface area contributed by atoms with Gasteiger partial charge in [-0.25, -0.2) is 4.39 Å². The molecule has 1 aromatic rings. The highest BCUT2D eigenvalue weighted by Gasteiger charge is 2.37. The van der Waals surface area contributed by atoms with Crippen molar-refractivity contribution < 1.29 is 13.9 Å². The Balaban J connectivity index is 1.43. The SMILES string of the molecule is NC(N=O)C(C(=O)Nc1cnccc1N1CCN(C2CCOC2)CC1)C1NCC(F)CN1. The lowest BCUT2D eigenvalue weighted by molar-refractivity contribution is -0.122. The fraction of sp³-hybridized carbons (Fsp3) is 0.700. The van der Waals surface area contributed by atoms with Gasteiger partial charge in [0.2, 0.25) is 5.91 Å². The molecule has 3 saturated heterocycles. The van der Waals surface area contributed by atoms with Crippen LogP contribution in [0.5, 0.6) is 0 Å². The molecule has 0 aromatic carbocycles. The van der Waals surface area contributed by atoms with Crippen molar-refractivity contribution in [1.82, 2.24) is 20.5 Å². The van der Waals surface area contributed by atoms with E-state index in [9.17, 15) is 14.1 Å². The minimum atomic E-state index is -1.28. The molecule has 3 aliphatic rings. The van der Waals surface area contributed by atoms with Gasteiger partial charge in [0.05, 0.1) is 30.3 Å². The second kappa shape index (κ2) is 10.6. The normalized spacial score (nSPS) is 28.8. The number of carbonyl (C=O) groups excluding carboxylic acids is 1. The molecule has 1 amide bonds. The monoisotopic (exact) mass is 450 g/mol. The number of nitrogens with zero attached hydrogens (tertiary/aromatic N) is 4. The number of nitrogens with two attached hydrogens (primary N) is 1. The first-order chi connectivity index (χ1) is 15.6. The van der Waals surface area contributed by atoms with Crippen LogP contribution in [0.2, 0.25) is 0 Å². The summed E-state index contributed by atoms with van der Waals surface area (Å²) in [4.78, 5) is 33.1. The Hall–Kier alpha value is -2.25. The molecule has 0 aliphatic carbocycles. The highest BCUT2D eigenvalue weighted by molar-refractivity contribution is 5.96. The van der Waals surface area contributed by atoms with Crippen LogP contribution in [-0.4, -0.2) is 92.8 Å². The van der Waals surface area contributed by atoms with E-state index in [0.717, 1.165) is 51.5 Å². The summed E-state index contributed by atoms with van der Waals surface area (Å²) in [6, 6.07) is 2.34. The summed E-state index contributed by atoms with van der Waals surface area (Å²) < 4.78 is 19.0. The molecule has 0 saturated carbocycles. The number of piperazine rings is 1. The molecule has 3 unspecified atom stereocenters. The van der Waals surface area contributed by atoms with Crippen molar-refractivity contribution in [3.63, 3.8) is 0 Å². The van der Waals surface area contributed by atoms with Crippen LogP contribution in [0.3, 0.4) is 0 Å². The van der Waals surface area contributed by atoms with Crippen LogP contribution in [0.15, 0.2) is 23.6 Å². The largest absolute Gasteiger partial charge is 0.380 e. The molecule has 3 atom stereocenters. The Kier molecular flexibility index (Phi) is 7.58. The first-order valence-electron chi connectivity index (χ1n) is 11.1. The van der Waals surface area contributed by atoms with Crippen molar-refractivity contribution in [2.24, 2.45) is 16.8 Å². The first-order valence-corrected chi connectivity index (χ1v) is 11.1. The van der Waals surface area contributed by atoms with Crippen LogP contribution < -0.4 is 26.6 Å². The minimum absolute atomic E-state index is 0.0709. The number of pyridine rings is 1. The average molecular weight is 451 g/mol. The van der Waals surface area contributed by atoms with Gasteiger partial charge in [0, 0.05) is 58.1 Å². The maximum atomic E-state index is 13.5. The number of rotatable bonds is 7. The van der Waals surface area contributed by atoms with Gasteiger partial charge in [-0.3, -0.25) is 25.3 Å². The molecule has 5 N–H and O–H groups in total. The Morgan fingerprint density at radius 3 is 2.72 bits per heavy atom. The zero-order chi connectivity index (χ0) is 22.5. The van der Waals surface area contributed by atoms with E-state index in [1.165, 1.54) is 0 Å². The molecule has 176 valence electrons. The van der Waals surface area contributed by atoms with E-state index >= 15 is 0 Å². The van der Waals surface area contributed by atoms with Crippen molar-refractivity contribution in [3.05, 3.63) is 23.4 Å². The first kappa shape index (κ1) is 22.9. The van der Waals surface area contributed by atoms with Gasteiger partial charge >= 0.3 is 0 Å². The summed E-state index contributed by atoms with van der Waals surface area (Å²) in [5.74, 6) is -1.48. The summed E-state index contributed by atoms with van der Waals surface area (Å²) in [5, 5.41) is 11.5. The van der Waals surface area contributed by atoms with Gasteiger partial charge in [-0.2, -0.15) is 0 Å². The predicted molar refractivity (Wildman–Crippen MR) is 118 cm³/mol. The van der Waals surface area contributed by atoms with Crippen LogP contribution in [0.4, 0.5) is 15.8 Å². The number of hydrogen-bond donors (Lipinski definition) is 4. The second-order valence-corrected chi connectivity index (χ2v) is 8.44. The molecule has 4 heterocycles. The molecule has 0 radical (unpaired) electrons. The van der Waals surface area contributed by atoms with Gasteiger partial charge in [0.1, 0.15) is 12.1 Å². The third-order valence-corrected chi connectivity index (χ3v) is 6.40. The van der Waals surface area contributed by atoms with Crippen molar-refractivity contribution in [2.45, 2.75) is 31.0 Å². The number of nitroso groups, excluding NO2 is 1. The molecule has 0 spiro atoms. The van der Waals surface area contributed by atoms with Gasteiger partial charge < -0.3 is 20.7 Å². The van der Waals surface area contributed by atoms with E-state index in [1.807, 2.05) is 6.07 Å². The Labute approximate surface area is 186 Å². The summed E-state index contributed by atoms with van der Waals surface area (Å²) in [6.07, 6.45) is 1.32. The maximum Gasteiger partial charge on any atom is 0.234 e. The molecule has 0 bridgehead atoms. The smallest absolute Gasteiger partial charge is 0.234 e. The lowest BCUT2D eigenvalue weighted by Gasteiger charge is -2.39. The molecule has 4 rings (SSSR count). The minimum Gasteiger partial charge on any atom is -0.380 e. The van der Waals surface area contributed by atoms with Gasteiger partial charge in [-0.15, -0.1) is 4.91 Å². The van der Waals surface area contributed by atoms with E-state index in [1.54, 1.807) is 12.4 Å². The number of nitrogens with one attached hydrogen (secondary N) is 3. The summed E-state index contributed by atoms with van der Waals surface area (Å²) in [6.45, 7) is 5.19. The molecule has 12 heteroatoms. The van der Waals surface area contributed by atoms with Crippen molar-refractivity contribution >= 4 is 17.3 Å². The predicted octanol–water partition coefficient (Wildman–Crippen LogP) is -0.545. The number of aromatic nitrogens is 1. The molecule has 11 nitrogen and oxygen atoms in total. The molecular formula is C20H31FN8O3. The highest BCUT2D eigenvalue weighted by Crippen LogP contribution is 2.28. The fourth-order valence-corrected chi connectivity index (χ4v) is 4.59. The number of carbonyl (C=O) groups is 1. The number of halogens is 1. The Bertz CT molecular complexity index is 780. The number of hydrogen-bond acceptors (Lipinski definition) is 10. The van der Waals surface area contributed by atoms with Gasteiger partial charge in [0.25, 0.3) is 0 Å². The fourth-order valence-electron chi connectivity index (χ4n) is 4.59. The molecule has 3 aliphatic heterocycles. The number of alkyl halides is 1. The third kappa shape index (κ3) is 5.21. The average Bonchev–Trinajstić information content (AvgIpc) is 3.36. The molecule has 32 heavy (non-hydrogen) atoms. The molecule has 3 fully saturated rings. The Morgan fingerprint density at radius 1 is 1.31 bits per heavy atom. The van der Waals surface area contributed by atoms with E-state index in [0.29, 0.717) is 11.7 Å². The molecule has 1 aromatic heterocycles. The molecular weight excluding hydrogens is 419 g/mol. The van der Waals surface area contributed by atoms with E-state index in [-0.39, 0.29) is 13.1 Å². The highest BCUT2D eigenvalue weighted by atomic mass is 19.1. The van der Waals surface area contributed by atoms with E-state index in [2.05, 4.69) is 35.9 Å². The van der Waals surface area contributed by atoms with Crippen LogP contribution in [0.1, 0.15) is 6.42 Å². The quantitative estimate of drug-likeness (QED) is 0.404. The van der Waals surface area contributed by atoms with Crippen LogP contribution in [0, 0.1) is 10.8 Å².